The van der Waals surface area contributed by atoms with E-state index in [0.717, 1.165) is 50.6 Å². The van der Waals surface area contributed by atoms with Gasteiger partial charge < -0.3 is 14.0 Å². The Morgan fingerprint density at radius 3 is 2.53 bits per heavy atom. The molecule has 1 N–H and O–H groups in total. The normalized spacial score (nSPS) is 19.9. The Bertz CT molecular complexity index is 634. The lowest BCUT2D eigenvalue weighted by Gasteiger charge is -2.49. The Labute approximate surface area is 190 Å². The average molecular weight is 435 g/mol. The Kier molecular flexibility index (Phi) is 12.0. The van der Waals surface area contributed by atoms with Crippen LogP contribution in [0.3, 0.4) is 0 Å². The van der Waals surface area contributed by atoms with E-state index in [2.05, 4.69) is 58.0 Å². The molecule has 0 bridgehead atoms. The molecule has 1 rings (SSSR count). The Hall–Kier alpha value is -1.08. The van der Waals surface area contributed by atoms with Gasteiger partial charge in [-0.05, 0) is 45.9 Å². The molecule has 0 aliphatic carbocycles. The number of rotatable bonds is 14. The fourth-order valence-corrected chi connectivity index (χ4v) is 4.12. The van der Waals surface area contributed by atoms with Gasteiger partial charge in [0.25, 0.3) is 7.28 Å². The minimum atomic E-state index is -0.298. The van der Waals surface area contributed by atoms with Gasteiger partial charge in [0.1, 0.15) is 12.3 Å². The molecule has 0 fully saturated rings. The molecule has 1 aliphatic heterocycles. The summed E-state index contributed by atoms with van der Waals surface area (Å²) in [6.45, 7) is 10.8. The summed E-state index contributed by atoms with van der Waals surface area (Å²) in [6, 6.07) is 0. The lowest BCUT2D eigenvalue weighted by molar-refractivity contribution is -0.938. The summed E-state index contributed by atoms with van der Waals surface area (Å²) in [7, 11) is 4.10. The second-order valence-corrected chi connectivity index (χ2v) is 9.40. The maximum absolute atomic E-state index is 12.5. The van der Waals surface area contributed by atoms with Gasteiger partial charge in [-0.2, -0.15) is 0 Å². The van der Waals surface area contributed by atoms with Crippen molar-refractivity contribution in [3.63, 3.8) is 0 Å². The van der Waals surface area contributed by atoms with E-state index >= 15 is 0 Å². The van der Waals surface area contributed by atoms with Crippen LogP contribution in [0.1, 0.15) is 85.5 Å². The molecular formula is C23H42BN3O2S+. The predicted molar refractivity (Wildman–Crippen MR) is 132 cm³/mol. The molecule has 1 atom stereocenters. The smallest absolute Gasteiger partial charge is 0.283 e. The molecule has 0 aromatic carbocycles. The summed E-state index contributed by atoms with van der Waals surface area (Å²) >= 11 is 4.13. The van der Waals surface area contributed by atoms with Crippen molar-refractivity contribution in [3.8, 4) is 0 Å². The van der Waals surface area contributed by atoms with Gasteiger partial charge >= 0.3 is 0 Å². The molecule has 1 radical (unpaired) electrons. The molecule has 0 saturated heterocycles. The summed E-state index contributed by atoms with van der Waals surface area (Å²) in [5.41, 5.74) is 1.43. The third-order valence-electron chi connectivity index (χ3n) is 6.33. The van der Waals surface area contributed by atoms with Crippen LogP contribution < -0.4 is 0 Å². The predicted octanol–water partition coefficient (Wildman–Crippen LogP) is 5.17. The number of quaternary nitrogens is 1. The highest BCUT2D eigenvalue weighted by Gasteiger charge is 2.44. The van der Waals surface area contributed by atoms with Crippen molar-refractivity contribution in [1.29, 1.82) is 5.41 Å². The third kappa shape index (κ3) is 8.22. The first-order valence-electron chi connectivity index (χ1n) is 11.6. The van der Waals surface area contributed by atoms with E-state index < -0.39 is 0 Å². The lowest BCUT2D eigenvalue weighted by atomic mass is 9.54. The number of thiol groups is 1. The van der Waals surface area contributed by atoms with Crippen LogP contribution in [-0.2, 0) is 9.53 Å². The van der Waals surface area contributed by atoms with Crippen LogP contribution in [0.25, 0.3) is 0 Å². The summed E-state index contributed by atoms with van der Waals surface area (Å²) in [6.07, 6.45) is 11.3. The van der Waals surface area contributed by atoms with E-state index in [9.17, 15) is 4.79 Å². The van der Waals surface area contributed by atoms with Gasteiger partial charge in [0.2, 0.25) is 5.90 Å². The fourth-order valence-electron chi connectivity index (χ4n) is 3.90. The van der Waals surface area contributed by atoms with Crippen LogP contribution in [0.2, 0.25) is 0 Å². The number of likely N-dealkylation sites (N-methyl/N-ethyl adjacent to an activating group) is 1. The lowest BCUT2D eigenvalue weighted by Crippen LogP contribution is -2.65. The van der Waals surface area contributed by atoms with E-state index in [-0.39, 0.29) is 17.0 Å². The highest BCUT2D eigenvalue weighted by molar-refractivity contribution is 7.79. The topological polar surface area (TPSA) is 62.5 Å². The van der Waals surface area contributed by atoms with Gasteiger partial charge in [-0.1, -0.05) is 52.0 Å². The molecule has 7 heteroatoms. The van der Waals surface area contributed by atoms with Crippen molar-refractivity contribution in [2.45, 2.75) is 90.9 Å². The SMILES string of the molecule is CCCCCCOC(=N)/C(=N\S)C1=CCC[N+](C)(C(C)(C)[B]C(=O)CCCCC)C1. The van der Waals surface area contributed by atoms with Gasteiger partial charge in [-0.25, -0.2) is 4.40 Å². The standard InChI is InChI=1S/C23H41BN3O2S/c1-6-8-10-12-17-29-22(25)21(26-30)19-14-13-16-27(5,18-19)23(3,4)24-20(28)15-11-9-7-2/h14H,6-13,15-18H2,1-5H3,(H-,25,30)/p+1. The highest BCUT2D eigenvalue weighted by atomic mass is 32.1. The van der Waals surface area contributed by atoms with Crippen LogP contribution >= 0.6 is 12.8 Å². The summed E-state index contributed by atoms with van der Waals surface area (Å²) in [5.74, 6) is 0.0960. The van der Waals surface area contributed by atoms with Crippen molar-refractivity contribution < 1.29 is 14.0 Å². The molecule has 0 amide bonds. The van der Waals surface area contributed by atoms with Crippen LogP contribution in [0.5, 0.6) is 0 Å². The van der Waals surface area contributed by atoms with Crippen LogP contribution in [-0.4, -0.2) is 61.2 Å². The van der Waals surface area contributed by atoms with E-state index in [0.29, 0.717) is 29.8 Å². The molecule has 169 valence electrons. The Morgan fingerprint density at radius 1 is 1.23 bits per heavy atom. The third-order valence-corrected chi connectivity index (χ3v) is 6.53. The molecule has 30 heavy (non-hydrogen) atoms. The van der Waals surface area contributed by atoms with Gasteiger partial charge in [0.15, 0.2) is 0 Å². The van der Waals surface area contributed by atoms with Gasteiger partial charge in [-0.15, -0.1) is 0 Å². The molecule has 0 spiro atoms. The fraction of sp³-hybridized carbons (Fsp3) is 0.783. The first-order valence-corrected chi connectivity index (χ1v) is 12.0. The number of hydrogen-bond acceptors (Lipinski definition) is 5. The highest BCUT2D eigenvalue weighted by Crippen LogP contribution is 2.29. The van der Waals surface area contributed by atoms with E-state index in [1.165, 1.54) is 12.8 Å². The van der Waals surface area contributed by atoms with Crippen molar-refractivity contribution in [3.05, 3.63) is 11.6 Å². The van der Waals surface area contributed by atoms with Crippen LogP contribution in [0.15, 0.2) is 16.0 Å². The zero-order chi connectivity index (χ0) is 22.6. The van der Waals surface area contributed by atoms with E-state index in [4.69, 9.17) is 10.1 Å². The molecule has 0 saturated carbocycles. The first-order chi connectivity index (χ1) is 14.2. The van der Waals surface area contributed by atoms with Crippen molar-refractivity contribution in [2.75, 3.05) is 26.7 Å². The maximum atomic E-state index is 12.5. The quantitative estimate of drug-likeness (QED) is 0.0987. The molecule has 1 heterocycles. The molecular weight excluding hydrogens is 393 g/mol. The Balaban J connectivity index is 2.75. The number of carbonyl (C=O) groups is 1. The largest absolute Gasteiger partial charge is 0.477 e. The molecule has 1 aliphatic rings. The van der Waals surface area contributed by atoms with E-state index in [1.807, 2.05) is 7.28 Å². The summed E-state index contributed by atoms with van der Waals surface area (Å²) < 4.78 is 10.5. The second-order valence-electron chi connectivity index (χ2n) is 9.20. The maximum Gasteiger partial charge on any atom is 0.283 e. The minimum absolute atomic E-state index is 0.0960. The number of ether oxygens (including phenoxy) is 1. The average Bonchev–Trinajstić information content (AvgIpc) is 2.68. The second kappa shape index (κ2) is 13.4. The first kappa shape index (κ1) is 27.0. The van der Waals surface area contributed by atoms with E-state index in [1.54, 1.807) is 0 Å². The number of carbonyl (C=O) groups excluding carboxylic acids is 1. The van der Waals surface area contributed by atoms with Crippen LogP contribution in [0.4, 0.5) is 0 Å². The number of unbranched alkanes of at least 4 members (excludes halogenated alkanes) is 5. The van der Waals surface area contributed by atoms with Gasteiger partial charge in [0.05, 0.1) is 31.3 Å². The zero-order valence-electron chi connectivity index (χ0n) is 19.8. The Morgan fingerprint density at radius 2 is 1.90 bits per heavy atom. The van der Waals surface area contributed by atoms with Gasteiger partial charge in [0, 0.05) is 12.0 Å². The zero-order valence-corrected chi connectivity index (χ0v) is 20.7. The van der Waals surface area contributed by atoms with Crippen molar-refractivity contribution >= 4 is 37.4 Å². The van der Waals surface area contributed by atoms with Gasteiger partial charge in [-0.3, -0.25) is 5.41 Å². The molecule has 0 aromatic heterocycles. The molecule has 5 nitrogen and oxygen atoms in total. The number of hydrogen-bond donors (Lipinski definition) is 2. The molecule has 1 unspecified atom stereocenters. The summed E-state index contributed by atoms with van der Waals surface area (Å²) in [5, 5.41) is 8.34. The minimum Gasteiger partial charge on any atom is -0.477 e. The number of nitrogens with one attached hydrogen (secondary N) is 1. The number of nitrogens with zero attached hydrogens (tertiary/aromatic N) is 2. The van der Waals surface area contributed by atoms with Crippen molar-refractivity contribution in [2.24, 2.45) is 4.40 Å². The summed E-state index contributed by atoms with van der Waals surface area (Å²) in [4.78, 5) is 12.5. The molecule has 0 aromatic rings. The van der Waals surface area contributed by atoms with Crippen LogP contribution in [0, 0.1) is 5.41 Å². The van der Waals surface area contributed by atoms with Crippen molar-refractivity contribution in [1.82, 2.24) is 0 Å². The monoisotopic (exact) mass is 435 g/mol.